The van der Waals surface area contributed by atoms with Gasteiger partial charge in [0.25, 0.3) is 0 Å². The number of primary amides is 1. The molecular formula is C26H39N9O7. The summed E-state index contributed by atoms with van der Waals surface area (Å²) in [5.74, 6) is -4.85. The number of aliphatic hydroxyl groups excluding tert-OH is 1. The molecule has 1 aromatic heterocycles. The first kappa shape index (κ1) is 33.5. The number of carboxylic acid groups (broad SMARTS) is 1. The number of nitrogens with one attached hydrogen (secondary N) is 4. The molecule has 1 heterocycles. The van der Waals surface area contributed by atoms with Gasteiger partial charge in [0.2, 0.25) is 23.6 Å². The van der Waals surface area contributed by atoms with Crippen molar-refractivity contribution in [3.8, 4) is 0 Å². The molecule has 0 saturated heterocycles. The van der Waals surface area contributed by atoms with Gasteiger partial charge in [-0.25, -0.2) is 4.79 Å². The van der Waals surface area contributed by atoms with Gasteiger partial charge in [0.05, 0.1) is 12.1 Å². The molecule has 16 nitrogen and oxygen atoms in total. The largest absolute Gasteiger partial charge is 0.480 e. The monoisotopic (exact) mass is 589 g/mol. The van der Waals surface area contributed by atoms with E-state index in [0.29, 0.717) is 0 Å². The number of para-hydroxylation sites is 1. The van der Waals surface area contributed by atoms with Crippen LogP contribution in [0.2, 0.25) is 0 Å². The van der Waals surface area contributed by atoms with E-state index in [4.69, 9.17) is 22.9 Å². The van der Waals surface area contributed by atoms with Crippen LogP contribution >= 0.6 is 0 Å². The van der Waals surface area contributed by atoms with Gasteiger partial charge in [0.1, 0.15) is 18.1 Å². The standard InChI is InChI=1S/C26H39N9O7/c1-13(36)21(35-22(38)16(27)11-14-12-32-17-6-3-2-5-15(14)17)24(40)33-18(7-4-10-31-26(29)30)23(39)34-19(25(41)42)8-9-20(28)37/h2-3,5-6,12-13,16,18-19,21,32,36H,4,7-11,27H2,1H3,(H2,28,37)(H,33,40)(H,34,39)(H,35,38)(H,41,42)(H4,29,30,31). The molecule has 42 heavy (non-hydrogen) atoms. The number of carbonyl (C=O) groups excluding carboxylic acids is 4. The Morgan fingerprint density at radius 2 is 1.62 bits per heavy atom. The van der Waals surface area contributed by atoms with Gasteiger partial charge in [-0.15, -0.1) is 0 Å². The SMILES string of the molecule is CC(O)C(NC(=O)C(N)Cc1c[nH]c2ccccc12)C(=O)NC(CCCN=C(N)N)C(=O)NC(CCC(N)=O)C(=O)O. The van der Waals surface area contributed by atoms with Crippen LogP contribution < -0.4 is 38.9 Å². The molecule has 14 N–H and O–H groups in total. The fourth-order valence-electron chi connectivity index (χ4n) is 4.15. The summed E-state index contributed by atoms with van der Waals surface area (Å²) in [4.78, 5) is 68.7. The molecule has 0 aliphatic carbocycles. The van der Waals surface area contributed by atoms with Crippen molar-refractivity contribution in [2.24, 2.45) is 27.9 Å². The van der Waals surface area contributed by atoms with Crippen molar-refractivity contribution in [2.45, 2.75) is 69.3 Å². The number of rotatable bonds is 17. The third-order valence-electron chi connectivity index (χ3n) is 6.39. The van der Waals surface area contributed by atoms with Crippen molar-refractivity contribution >= 4 is 46.5 Å². The number of nitrogens with zero attached hydrogens (tertiary/aromatic N) is 1. The fraction of sp³-hybridized carbons (Fsp3) is 0.462. The van der Waals surface area contributed by atoms with Crippen LogP contribution in [0.5, 0.6) is 0 Å². The normalized spacial score (nSPS) is 14.5. The van der Waals surface area contributed by atoms with Crippen molar-refractivity contribution in [3.05, 3.63) is 36.0 Å². The van der Waals surface area contributed by atoms with Crippen LogP contribution in [0.4, 0.5) is 0 Å². The Morgan fingerprint density at radius 1 is 0.952 bits per heavy atom. The number of hydrogen-bond acceptors (Lipinski definition) is 8. The minimum absolute atomic E-state index is 0.0307. The molecule has 2 rings (SSSR count). The van der Waals surface area contributed by atoms with Gasteiger partial charge >= 0.3 is 5.97 Å². The predicted octanol–water partition coefficient (Wildman–Crippen LogP) is -2.72. The molecule has 230 valence electrons. The van der Waals surface area contributed by atoms with E-state index >= 15 is 0 Å². The Morgan fingerprint density at radius 3 is 2.24 bits per heavy atom. The Kier molecular flexibility index (Phi) is 12.7. The van der Waals surface area contributed by atoms with E-state index < -0.39 is 59.9 Å². The summed E-state index contributed by atoms with van der Waals surface area (Å²) in [6.45, 7) is 1.37. The van der Waals surface area contributed by atoms with Crippen LogP contribution in [-0.2, 0) is 30.4 Å². The van der Waals surface area contributed by atoms with Crippen molar-refractivity contribution in [1.29, 1.82) is 0 Å². The summed E-state index contributed by atoms with van der Waals surface area (Å²) in [7, 11) is 0. The maximum Gasteiger partial charge on any atom is 0.326 e. The molecule has 1 aromatic carbocycles. The highest BCUT2D eigenvalue weighted by Gasteiger charge is 2.32. The zero-order chi connectivity index (χ0) is 31.4. The van der Waals surface area contributed by atoms with Gasteiger partial charge in [-0.05, 0) is 44.2 Å². The number of aliphatic carboxylic acids is 1. The number of H-pyrrole nitrogens is 1. The van der Waals surface area contributed by atoms with E-state index in [1.54, 1.807) is 6.20 Å². The van der Waals surface area contributed by atoms with Gasteiger partial charge in [-0.2, -0.15) is 0 Å². The van der Waals surface area contributed by atoms with E-state index in [2.05, 4.69) is 25.9 Å². The second-order valence-electron chi connectivity index (χ2n) is 9.81. The predicted molar refractivity (Wildman–Crippen MR) is 153 cm³/mol. The molecule has 0 bridgehead atoms. The summed E-state index contributed by atoms with van der Waals surface area (Å²) in [6, 6.07) is 2.12. The summed E-state index contributed by atoms with van der Waals surface area (Å²) in [5.41, 5.74) is 23.5. The van der Waals surface area contributed by atoms with Gasteiger partial charge in [0.15, 0.2) is 5.96 Å². The molecule has 5 atom stereocenters. The molecule has 2 aromatic rings. The summed E-state index contributed by atoms with van der Waals surface area (Å²) in [6.07, 6.45) is 0.0898. The van der Waals surface area contributed by atoms with Gasteiger partial charge in [-0.1, -0.05) is 18.2 Å². The number of carbonyl (C=O) groups is 5. The van der Waals surface area contributed by atoms with Crippen molar-refractivity contribution in [3.63, 3.8) is 0 Å². The molecular weight excluding hydrogens is 550 g/mol. The average molecular weight is 590 g/mol. The lowest BCUT2D eigenvalue weighted by Gasteiger charge is -2.26. The lowest BCUT2D eigenvalue weighted by molar-refractivity contribution is -0.142. The number of fused-ring (bicyclic) bond motifs is 1. The highest BCUT2D eigenvalue weighted by atomic mass is 16.4. The van der Waals surface area contributed by atoms with E-state index in [1.165, 1.54) is 6.92 Å². The molecule has 4 amide bonds. The maximum atomic E-state index is 13.2. The van der Waals surface area contributed by atoms with Crippen molar-refractivity contribution in [2.75, 3.05) is 6.54 Å². The number of aromatic amines is 1. The van der Waals surface area contributed by atoms with Crippen LogP contribution in [0.15, 0.2) is 35.5 Å². The third-order valence-corrected chi connectivity index (χ3v) is 6.39. The number of benzene rings is 1. The lowest BCUT2D eigenvalue weighted by atomic mass is 10.0. The number of nitrogens with two attached hydrogens (primary N) is 4. The third kappa shape index (κ3) is 10.4. The Hall–Kier alpha value is -4.70. The van der Waals surface area contributed by atoms with E-state index in [-0.39, 0.29) is 44.6 Å². The molecule has 0 radical (unpaired) electrons. The minimum atomic E-state index is -1.50. The molecule has 0 aliphatic rings. The van der Waals surface area contributed by atoms with E-state index in [1.807, 2.05) is 24.3 Å². The number of aromatic nitrogens is 1. The second kappa shape index (κ2) is 15.9. The summed E-state index contributed by atoms with van der Waals surface area (Å²) >= 11 is 0. The maximum absolute atomic E-state index is 13.2. The zero-order valence-corrected chi connectivity index (χ0v) is 23.2. The van der Waals surface area contributed by atoms with Crippen molar-refractivity contribution < 1.29 is 34.2 Å². The zero-order valence-electron chi connectivity index (χ0n) is 23.2. The van der Waals surface area contributed by atoms with Crippen LogP contribution in [0.3, 0.4) is 0 Å². The molecule has 0 aliphatic heterocycles. The topological polar surface area (TPSA) is 294 Å². The van der Waals surface area contributed by atoms with Crippen LogP contribution in [-0.4, -0.2) is 87.6 Å². The number of carboxylic acids is 1. The molecule has 5 unspecified atom stereocenters. The highest BCUT2D eigenvalue weighted by molar-refractivity contribution is 5.94. The molecule has 0 fully saturated rings. The smallest absolute Gasteiger partial charge is 0.326 e. The van der Waals surface area contributed by atoms with Crippen LogP contribution in [0, 0.1) is 0 Å². The Labute approximate surface area is 241 Å². The second-order valence-corrected chi connectivity index (χ2v) is 9.81. The molecule has 16 heteroatoms. The van der Waals surface area contributed by atoms with Crippen LogP contribution in [0.25, 0.3) is 10.9 Å². The molecule has 0 spiro atoms. The number of amides is 4. The van der Waals surface area contributed by atoms with Gasteiger partial charge in [0, 0.05) is 30.1 Å². The first-order valence-corrected chi connectivity index (χ1v) is 13.3. The fourth-order valence-corrected chi connectivity index (χ4v) is 4.15. The van der Waals surface area contributed by atoms with Gasteiger partial charge < -0.3 is 54.1 Å². The molecule has 0 saturated carbocycles. The van der Waals surface area contributed by atoms with Crippen LogP contribution in [0.1, 0.15) is 38.2 Å². The quantitative estimate of drug-likeness (QED) is 0.0516. The van der Waals surface area contributed by atoms with E-state index in [9.17, 15) is 34.2 Å². The average Bonchev–Trinajstić information content (AvgIpc) is 3.32. The minimum Gasteiger partial charge on any atom is -0.480 e. The number of hydrogen-bond donors (Lipinski definition) is 10. The number of aliphatic imine (C=N–C) groups is 1. The Bertz CT molecular complexity index is 1290. The lowest BCUT2D eigenvalue weighted by Crippen LogP contribution is -2.60. The number of guanidine groups is 1. The summed E-state index contributed by atoms with van der Waals surface area (Å²) < 4.78 is 0. The highest BCUT2D eigenvalue weighted by Crippen LogP contribution is 2.18. The van der Waals surface area contributed by atoms with Crippen molar-refractivity contribution in [1.82, 2.24) is 20.9 Å². The van der Waals surface area contributed by atoms with Gasteiger partial charge in [-0.3, -0.25) is 24.2 Å². The first-order valence-electron chi connectivity index (χ1n) is 13.3. The first-order chi connectivity index (χ1) is 19.8. The summed E-state index contributed by atoms with van der Waals surface area (Å²) in [5, 5.41) is 27.8. The van der Waals surface area contributed by atoms with E-state index in [0.717, 1.165) is 16.5 Å². The Balaban J connectivity index is 2.13. The number of aliphatic hydroxyl groups is 1.